The van der Waals surface area contributed by atoms with Gasteiger partial charge in [-0.1, -0.05) is 77.8 Å². The summed E-state index contributed by atoms with van der Waals surface area (Å²) in [4.78, 5) is 12.0. The average molecular weight is 433 g/mol. The van der Waals surface area contributed by atoms with Crippen molar-refractivity contribution >= 4 is 52.3 Å². The van der Waals surface area contributed by atoms with Crippen LogP contribution >= 0.6 is 30.5 Å². The number of carbonyl (C=O) groups excluding carboxylic acids is 1. The molecule has 0 aromatic heterocycles. The van der Waals surface area contributed by atoms with E-state index in [4.69, 9.17) is 23.2 Å². The van der Waals surface area contributed by atoms with Gasteiger partial charge in [0, 0.05) is 0 Å². The average Bonchev–Trinajstić information content (AvgIpc) is 2.75. The molecule has 0 saturated heterocycles. The van der Waals surface area contributed by atoms with Gasteiger partial charge in [0.05, 0.1) is 0 Å². The number of amides is 1. The van der Waals surface area contributed by atoms with E-state index in [0.717, 1.165) is 15.9 Å². The zero-order valence-electron chi connectivity index (χ0n) is 14.9. The highest BCUT2D eigenvalue weighted by molar-refractivity contribution is 7.99. The van der Waals surface area contributed by atoms with Gasteiger partial charge in [-0.25, -0.2) is 4.39 Å². The van der Waals surface area contributed by atoms with Crippen LogP contribution < -0.4 is 21.2 Å². The summed E-state index contributed by atoms with van der Waals surface area (Å²) in [5.41, 5.74) is 0.321. The fraction of sp³-hybridized carbons (Fsp3) is 0.0455. The third-order valence-electron chi connectivity index (χ3n) is 4.32. The summed E-state index contributed by atoms with van der Waals surface area (Å²) in [6.07, 6.45) is 0. The maximum Gasteiger partial charge on any atom is 0.258 e. The van der Waals surface area contributed by atoms with E-state index < -0.39 is 19.8 Å². The molecule has 1 amide bonds. The molecule has 28 heavy (non-hydrogen) atoms. The second kappa shape index (κ2) is 9.34. The number of carbonyl (C=O) groups is 1. The molecule has 3 aromatic carbocycles. The molecule has 0 heterocycles. The number of alkyl halides is 1. The van der Waals surface area contributed by atoms with E-state index in [-0.39, 0.29) is 4.49 Å². The van der Waals surface area contributed by atoms with Gasteiger partial charge in [-0.05, 0) is 36.4 Å². The molecule has 142 valence electrons. The van der Waals surface area contributed by atoms with Gasteiger partial charge >= 0.3 is 0 Å². The zero-order chi connectivity index (χ0) is 20.0. The normalized spacial score (nSPS) is 11.0. The van der Waals surface area contributed by atoms with Crippen LogP contribution in [0.5, 0.6) is 0 Å². The summed E-state index contributed by atoms with van der Waals surface area (Å²) in [7, 11) is -2.67. The Morgan fingerprint density at radius 3 is 1.39 bits per heavy atom. The molecule has 1 N–H and O–H groups in total. The molecule has 0 unspecified atom stereocenters. The molecule has 0 aliphatic rings. The van der Waals surface area contributed by atoms with Gasteiger partial charge in [0.25, 0.3) is 5.91 Å². The molecule has 3 rings (SSSR count). The van der Waals surface area contributed by atoms with Crippen molar-refractivity contribution in [3.63, 3.8) is 0 Å². The molecule has 0 radical (unpaired) electrons. The third-order valence-corrected chi connectivity index (χ3v) is 9.19. The van der Waals surface area contributed by atoms with Crippen LogP contribution in [0.25, 0.3) is 0 Å². The first-order valence-corrected chi connectivity index (χ1v) is 11.1. The molecule has 0 fully saturated rings. The predicted molar refractivity (Wildman–Crippen MR) is 118 cm³/mol. The first-order valence-electron chi connectivity index (χ1n) is 8.58. The van der Waals surface area contributed by atoms with Gasteiger partial charge in [-0.15, -0.1) is 0 Å². The van der Waals surface area contributed by atoms with Crippen LogP contribution in [0.1, 0.15) is 0 Å². The number of rotatable bonds is 6. The summed E-state index contributed by atoms with van der Waals surface area (Å²) in [5.74, 6) is -0.791. The predicted octanol–water partition coefficient (Wildman–Crippen LogP) is 4.67. The number of hydrogen-bond acceptors (Lipinski definition) is 1. The first-order chi connectivity index (χ1) is 13.6. The van der Waals surface area contributed by atoms with Crippen molar-refractivity contribution in [3.8, 4) is 0 Å². The fourth-order valence-corrected chi connectivity index (χ4v) is 8.14. The molecule has 0 aliphatic carbocycles. The third kappa shape index (κ3) is 3.98. The topological polar surface area (TPSA) is 29.1 Å². The van der Waals surface area contributed by atoms with Crippen LogP contribution in [0, 0.1) is 0 Å². The number of halogens is 3. The second-order valence-corrected chi connectivity index (χ2v) is 10.3. The van der Waals surface area contributed by atoms with Crippen molar-refractivity contribution in [1.29, 1.82) is 0 Å². The van der Waals surface area contributed by atoms with E-state index in [9.17, 15) is 9.18 Å². The van der Waals surface area contributed by atoms with Crippen molar-refractivity contribution in [2.24, 2.45) is 0 Å². The standard InChI is InChI=1S/C22H17Cl2FNOP/c23-21(24)22(26-20(27)16-25)28(17-10-4-1-5-11-17,18-12-6-2-7-13-18)19-14-8-3-9-15-19/h1-15H,16H2/p+1. The SMILES string of the molecule is O=C(CF)NC(=C(Cl)Cl)[P+](c1ccccc1)(c1ccccc1)c1ccccc1. The van der Waals surface area contributed by atoms with Crippen molar-refractivity contribution < 1.29 is 9.18 Å². The lowest BCUT2D eigenvalue weighted by Crippen LogP contribution is -2.39. The molecule has 0 saturated carbocycles. The summed E-state index contributed by atoms with van der Waals surface area (Å²) in [6, 6.07) is 29.2. The van der Waals surface area contributed by atoms with E-state index in [2.05, 4.69) is 5.32 Å². The largest absolute Gasteiger partial charge is 0.292 e. The lowest BCUT2D eigenvalue weighted by Gasteiger charge is -2.29. The van der Waals surface area contributed by atoms with Crippen molar-refractivity contribution in [2.75, 3.05) is 6.67 Å². The Labute approximate surface area is 174 Å². The molecule has 0 aliphatic heterocycles. The van der Waals surface area contributed by atoms with Gasteiger partial charge < -0.3 is 0 Å². The number of hydrogen-bond donors (Lipinski definition) is 1. The van der Waals surface area contributed by atoms with Crippen LogP contribution in [-0.2, 0) is 4.79 Å². The number of nitrogens with one attached hydrogen (secondary N) is 1. The van der Waals surface area contributed by atoms with E-state index in [1.54, 1.807) is 0 Å². The lowest BCUT2D eigenvalue weighted by atomic mass is 10.4. The lowest BCUT2D eigenvalue weighted by molar-refractivity contribution is -0.121. The van der Waals surface area contributed by atoms with Gasteiger partial charge in [-0.3, -0.25) is 10.1 Å². The van der Waals surface area contributed by atoms with Gasteiger partial charge in [0.15, 0.2) is 18.4 Å². The second-order valence-electron chi connectivity index (χ2n) is 5.97. The monoisotopic (exact) mass is 432 g/mol. The van der Waals surface area contributed by atoms with Gasteiger partial charge in [0.2, 0.25) is 5.44 Å². The van der Waals surface area contributed by atoms with Crippen molar-refractivity contribution in [2.45, 2.75) is 0 Å². The van der Waals surface area contributed by atoms with Crippen LogP contribution in [0.2, 0.25) is 0 Å². The molecular weight excluding hydrogens is 415 g/mol. The van der Waals surface area contributed by atoms with Crippen LogP contribution in [0.3, 0.4) is 0 Å². The minimum atomic E-state index is -2.67. The highest BCUT2D eigenvalue weighted by Gasteiger charge is 2.52. The fourth-order valence-electron chi connectivity index (χ4n) is 3.21. The summed E-state index contributed by atoms with van der Waals surface area (Å²) in [6.45, 7) is -1.16. The van der Waals surface area contributed by atoms with Crippen LogP contribution in [-0.4, -0.2) is 12.6 Å². The highest BCUT2D eigenvalue weighted by atomic mass is 35.5. The van der Waals surface area contributed by atoms with Crippen molar-refractivity contribution in [1.82, 2.24) is 5.32 Å². The quantitative estimate of drug-likeness (QED) is 0.563. The smallest absolute Gasteiger partial charge is 0.258 e. The minimum absolute atomic E-state index is 0.0910. The Kier molecular flexibility index (Phi) is 6.85. The highest BCUT2D eigenvalue weighted by Crippen LogP contribution is 2.62. The Morgan fingerprint density at radius 1 is 0.750 bits per heavy atom. The first kappa shape index (κ1) is 20.5. The minimum Gasteiger partial charge on any atom is -0.292 e. The molecule has 3 aromatic rings. The Morgan fingerprint density at radius 2 is 1.11 bits per heavy atom. The molecule has 0 spiro atoms. The van der Waals surface area contributed by atoms with E-state index in [1.807, 2.05) is 91.0 Å². The summed E-state index contributed by atoms with van der Waals surface area (Å²) < 4.78 is 13.0. The van der Waals surface area contributed by atoms with Gasteiger partial charge in [0.1, 0.15) is 15.9 Å². The van der Waals surface area contributed by atoms with E-state index >= 15 is 0 Å². The summed E-state index contributed by atoms with van der Waals surface area (Å²) >= 11 is 12.6. The zero-order valence-corrected chi connectivity index (χ0v) is 17.3. The maximum atomic E-state index is 13.1. The molecule has 0 atom stereocenters. The van der Waals surface area contributed by atoms with Gasteiger partial charge in [-0.2, -0.15) is 0 Å². The Balaban J connectivity index is 2.44. The molecular formula is C22H18Cl2FNOP+. The number of benzene rings is 3. The van der Waals surface area contributed by atoms with Crippen molar-refractivity contribution in [3.05, 3.63) is 101 Å². The molecule has 6 heteroatoms. The molecule has 0 bridgehead atoms. The Bertz CT molecular complexity index is 865. The van der Waals surface area contributed by atoms with Crippen LogP contribution in [0.15, 0.2) is 101 Å². The van der Waals surface area contributed by atoms with E-state index in [1.165, 1.54) is 0 Å². The van der Waals surface area contributed by atoms with Crippen LogP contribution in [0.4, 0.5) is 4.39 Å². The summed E-state index contributed by atoms with van der Waals surface area (Å²) in [5, 5.41) is 5.49. The molecule has 2 nitrogen and oxygen atoms in total. The Hall–Kier alpha value is -2.19. The maximum absolute atomic E-state index is 13.1. The van der Waals surface area contributed by atoms with E-state index in [0.29, 0.717) is 5.44 Å².